The molecule has 0 saturated heterocycles. The summed E-state index contributed by atoms with van der Waals surface area (Å²) >= 11 is 0. The Balaban J connectivity index is 4.47. The van der Waals surface area contributed by atoms with Crippen molar-refractivity contribution in [3.63, 3.8) is 0 Å². The molecule has 0 N–H and O–H groups in total. The van der Waals surface area contributed by atoms with Gasteiger partial charge in [-0.25, -0.2) is 0 Å². The van der Waals surface area contributed by atoms with Crippen LogP contribution in [0.25, 0.3) is 0 Å². The molecule has 0 aliphatic heterocycles. The second-order valence-electron chi connectivity index (χ2n) is 18.1. The first-order valence-corrected chi connectivity index (χ1v) is 28.4. The third-order valence-electron chi connectivity index (χ3n) is 11.4. The molecule has 0 aromatic rings. The maximum atomic E-state index is 12.9. The Bertz CT molecular complexity index is 1510. The van der Waals surface area contributed by atoms with E-state index in [1.54, 1.807) is 0 Å². The third-order valence-corrected chi connectivity index (χ3v) is 11.4. The molecule has 0 aliphatic rings. The van der Waals surface area contributed by atoms with Crippen LogP contribution in [-0.4, -0.2) is 37.9 Å². The maximum absolute atomic E-state index is 12.9. The first kappa shape index (κ1) is 65.8. The Hall–Kier alpha value is -4.22. The lowest BCUT2D eigenvalue weighted by Crippen LogP contribution is -2.30. The van der Waals surface area contributed by atoms with Crippen LogP contribution in [-0.2, 0) is 23.8 Å². The second-order valence-corrected chi connectivity index (χ2v) is 18.1. The van der Waals surface area contributed by atoms with E-state index in [-0.39, 0.29) is 25.2 Å². The fraction of sp³-hybridized carbons (Fsp3) is 0.600. The minimum Gasteiger partial charge on any atom is -0.462 e. The van der Waals surface area contributed by atoms with Crippen LogP contribution >= 0.6 is 0 Å². The normalized spacial score (nSPS) is 13.4. The standard InChI is InChI=1S/C65H104O5/c1-4-7-10-13-16-19-22-25-28-31-33-35-37-40-43-46-49-52-55-58-64(66)69-62-63(61-68-60-57-54-51-48-45-42-39-30-27-24-21-18-15-12-9-6-3)70-65(67)59-56-53-50-47-44-41-38-36-34-32-29-26-23-20-17-14-11-8-5-2/h7,9-10,12,16-21,25-30,33-36,40,43,49,52,63H,4-6,8,11,13-15,22-24,31-32,37-39,41-42,44-48,50-51,53-62H2,1-3H3/b10-7-,12-9-,19-16-,20-17-,21-18-,28-25-,29-26-,30-27-,35-33-,36-34-,43-40-,52-49-. The molecule has 0 spiro atoms. The average Bonchev–Trinajstić information content (AvgIpc) is 3.36. The van der Waals surface area contributed by atoms with E-state index in [0.29, 0.717) is 25.9 Å². The Morgan fingerprint density at radius 3 is 1.09 bits per heavy atom. The van der Waals surface area contributed by atoms with E-state index in [2.05, 4.69) is 161 Å². The Morgan fingerprint density at radius 1 is 0.329 bits per heavy atom. The minimum absolute atomic E-state index is 0.0244. The summed E-state index contributed by atoms with van der Waals surface area (Å²) in [5.41, 5.74) is 0. The smallest absolute Gasteiger partial charge is 0.306 e. The van der Waals surface area contributed by atoms with Gasteiger partial charge in [-0.15, -0.1) is 0 Å². The zero-order valence-electron chi connectivity index (χ0n) is 45.2. The molecular weight excluding hydrogens is 861 g/mol. The lowest BCUT2D eigenvalue weighted by Gasteiger charge is -2.18. The van der Waals surface area contributed by atoms with Crippen molar-refractivity contribution in [2.45, 2.75) is 232 Å². The fourth-order valence-electron chi connectivity index (χ4n) is 7.20. The van der Waals surface area contributed by atoms with Crippen molar-refractivity contribution in [2.24, 2.45) is 0 Å². The highest BCUT2D eigenvalue weighted by Crippen LogP contribution is 2.12. The average molecular weight is 966 g/mol. The van der Waals surface area contributed by atoms with E-state index in [9.17, 15) is 9.59 Å². The van der Waals surface area contributed by atoms with Crippen molar-refractivity contribution in [3.8, 4) is 0 Å². The van der Waals surface area contributed by atoms with Crippen molar-refractivity contribution >= 4 is 11.9 Å². The summed E-state index contributed by atoms with van der Waals surface area (Å²) in [7, 11) is 0. The number of carbonyl (C=O) groups excluding carboxylic acids is 2. The van der Waals surface area contributed by atoms with E-state index >= 15 is 0 Å². The van der Waals surface area contributed by atoms with Crippen LogP contribution in [0.15, 0.2) is 146 Å². The highest BCUT2D eigenvalue weighted by molar-refractivity contribution is 5.70. The molecule has 0 fully saturated rings. The van der Waals surface area contributed by atoms with Gasteiger partial charge in [0.2, 0.25) is 0 Å². The zero-order valence-corrected chi connectivity index (χ0v) is 45.2. The van der Waals surface area contributed by atoms with E-state index < -0.39 is 6.10 Å². The minimum atomic E-state index is -0.593. The van der Waals surface area contributed by atoms with Crippen LogP contribution in [0.2, 0.25) is 0 Å². The number of rotatable bonds is 50. The molecule has 0 saturated carbocycles. The SMILES string of the molecule is CC/C=C\C/C=C\C/C=C\C/C=C\C/C=C\C/C=C\CCC(=O)OCC(COCCCCCCCC/C=C\C/C=C\C/C=C\CC)OC(=O)CCCCCCCC/C=C\C/C=C\C/C=C\CCCCC. The van der Waals surface area contributed by atoms with Gasteiger partial charge in [0.05, 0.1) is 6.61 Å². The van der Waals surface area contributed by atoms with Gasteiger partial charge in [-0.2, -0.15) is 0 Å². The lowest BCUT2D eigenvalue weighted by atomic mass is 10.1. The van der Waals surface area contributed by atoms with Crippen LogP contribution in [0.3, 0.4) is 0 Å². The van der Waals surface area contributed by atoms with Gasteiger partial charge in [0.15, 0.2) is 6.10 Å². The van der Waals surface area contributed by atoms with E-state index in [4.69, 9.17) is 14.2 Å². The van der Waals surface area contributed by atoms with Crippen molar-refractivity contribution in [1.82, 2.24) is 0 Å². The van der Waals surface area contributed by atoms with Crippen molar-refractivity contribution < 1.29 is 23.8 Å². The third kappa shape index (κ3) is 56.4. The summed E-state index contributed by atoms with van der Waals surface area (Å²) in [5, 5.41) is 0. The predicted molar refractivity (Wildman–Crippen MR) is 306 cm³/mol. The first-order chi connectivity index (χ1) is 34.6. The molecule has 394 valence electrons. The molecule has 0 amide bonds. The molecule has 0 bridgehead atoms. The van der Waals surface area contributed by atoms with E-state index in [0.717, 1.165) is 116 Å². The first-order valence-electron chi connectivity index (χ1n) is 28.4. The van der Waals surface area contributed by atoms with Gasteiger partial charge in [-0.05, 0) is 128 Å². The second kappa shape index (κ2) is 59.1. The summed E-state index contributed by atoms with van der Waals surface area (Å²) in [4.78, 5) is 25.5. The number of allylic oxidation sites excluding steroid dienone is 24. The monoisotopic (exact) mass is 965 g/mol. The van der Waals surface area contributed by atoms with Crippen molar-refractivity contribution in [3.05, 3.63) is 146 Å². The highest BCUT2D eigenvalue weighted by Gasteiger charge is 2.17. The van der Waals surface area contributed by atoms with Gasteiger partial charge in [0, 0.05) is 19.4 Å². The molecule has 5 heteroatoms. The number of esters is 2. The predicted octanol–water partition coefficient (Wildman–Crippen LogP) is 19.7. The number of hydrogen-bond acceptors (Lipinski definition) is 5. The molecule has 1 unspecified atom stereocenters. The quantitative estimate of drug-likeness (QED) is 0.0345. The number of carbonyl (C=O) groups is 2. The molecule has 5 nitrogen and oxygen atoms in total. The molecule has 0 rings (SSSR count). The fourth-order valence-corrected chi connectivity index (χ4v) is 7.20. The van der Waals surface area contributed by atoms with E-state index in [1.807, 2.05) is 6.08 Å². The summed E-state index contributed by atoms with van der Waals surface area (Å²) in [6.07, 6.45) is 85.9. The summed E-state index contributed by atoms with van der Waals surface area (Å²) < 4.78 is 17.4. The largest absolute Gasteiger partial charge is 0.462 e. The van der Waals surface area contributed by atoms with E-state index in [1.165, 1.54) is 70.6 Å². The number of hydrogen-bond donors (Lipinski definition) is 0. The summed E-state index contributed by atoms with van der Waals surface area (Å²) in [6, 6.07) is 0. The summed E-state index contributed by atoms with van der Waals surface area (Å²) in [6.45, 7) is 7.44. The number of ether oxygens (including phenoxy) is 3. The van der Waals surface area contributed by atoms with Gasteiger partial charge in [0.1, 0.15) is 6.61 Å². The van der Waals surface area contributed by atoms with Crippen LogP contribution in [0.1, 0.15) is 226 Å². The van der Waals surface area contributed by atoms with Gasteiger partial charge in [-0.3, -0.25) is 9.59 Å². The van der Waals surface area contributed by atoms with Gasteiger partial charge >= 0.3 is 11.9 Å². The molecule has 0 aromatic carbocycles. The molecule has 0 heterocycles. The molecule has 70 heavy (non-hydrogen) atoms. The van der Waals surface area contributed by atoms with Gasteiger partial charge in [0.25, 0.3) is 0 Å². The topological polar surface area (TPSA) is 61.8 Å². The van der Waals surface area contributed by atoms with Crippen LogP contribution in [0, 0.1) is 0 Å². The lowest BCUT2D eigenvalue weighted by molar-refractivity contribution is -0.162. The molecule has 0 radical (unpaired) electrons. The van der Waals surface area contributed by atoms with Gasteiger partial charge in [-0.1, -0.05) is 231 Å². The van der Waals surface area contributed by atoms with Gasteiger partial charge < -0.3 is 14.2 Å². The maximum Gasteiger partial charge on any atom is 0.306 e. The van der Waals surface area contributed by atoms with Crippen LogP contribution in [0.5, 0.6) is 0 Å². The Labute approximate surface area is 431 Å². The Kier molecular flexibility index (Phi) is 55.5. The highest BCUT2D eigenvalue weighted by atomic mass is 16.6. The zero-order chi connectivity index (χ0) is 50.6. The molecular formula is C65H104O5. The Morgan fingerprint density at radius 2 is 0.671 bits per heavy atom. The molecule has 0 aromatic heterocycles. The molecule has 1 atom stereocenters. The van der Waals surface area contributed by atoms with Crippen molar-refractivity contribution in [1.29, 1.82) is 0 Å². The van der Waals surface area contributed by atoms with Crippen LogP contribution < -0.4 is 0 Å². The summed E-state index contributed by atoms with van der Waals surface area (Å²) in [5.74, 6) is -0.525. The van der Waals surface area contributed by atoms with Crippen LogP contribution in [0.4, 0.5) is 0 Å². The van der Waals surface area contributed by atoms with Crippen molar-refractivity contribution in [2.75, 3.05) is 19.8 Å². The number of unbranched alkanes of at least 4 members (excludes halogenated alkanes) is 15. The molecule has 0 aliphatic carbocycles.